The lowest BCUT2D eigenvalue weighted by Gasteiger charge is -2.01. The summed E-state index contributed by atoms with van der Waals surface area (Å²) < 4.78 is 10.8. The quantitative estimate of drug-likeness (QED) is 0.321. The Morgan fingerprint density at radius 1 is 1.56 bits per heavy atom. The van der Waals surface area contributed by atoms with E-state index >= 15 is 0 Å². The van der Waals surface area contributed by atoms with E-state index in [0.29, 0.717) is 11.5 Å². The van der Waals surface area contributed by atoms with Crippen molar-refractivity contribution >= 4 is 18.0 Å². The Balaban J connectivity index is 2.57. The molecule has 0 bridgehead atoms. The van der Waals surface area contributed by atoms with Crippen LogP contribution >= 0.6 is 0 Å². The van der Waals surface area contributed by atoms with Crippen LogP contribution in [0.5, 0.6) is 0 Å². The molecular weight excluding hydrogens is 218 g/mol. The molecule has 1 aliphatic heterocycles. The number of hydrogen-bond acceptors (Lipinski definition) is 6. The molecule has 0 atom stereocenters. The highest BCUT2D eigenvalue weighted by molar-refractivity contribution is 6.03. The highest BCUT2D eigenvalue weighted by Crippen LogP contribution is 2.07. The van der Waals surface area contributed by atoms with E-state index in [1.165, 1.54) is 17.8 Å². The minimum Gasteiger partial charge on any atom is -0.447 e. The van der Waals surface area contributed by atoms with Crippen LogP contribution in [0.3, 0.4) is 0 Å². The number of carbonyl (C=O) groups excluding carboxylic acids is 2. The van der Waals surface area contributed by atoms with E-state index in [9.17, 15) is 9.59 Å². The van der Waals surface area contributed by atoms with Crippen LogP contribution in [0.2, 0.25) is 0 Å². The highest BCUT2D eigenvalue weighted by atomic mass is 17.1. The first-order chi connectivity index (χ1) is 7.60. The Kier molecular flexibility index (Phi) is 4.01. The molecule has 7 heteroatoms. The van der Waals surface area contributed by atoms with Crippen LogP contribution in [0.1, 0.15) is 6.92 Å². The van der Waals surface area contributed by atoms with Gasteiger partial charge in [0.1, 0.15) is 0 Å². The first kappa shape index (κ1) is 12.2. The van der Waals surface area contributed by atoms with Gasteiger partial charge in [0, 0.05) is 0 Å². The van der Waals surface area contributed by atoms with Crippen molar-refractivity contribution < 1.29 is 33.8 Å². The molecule has 88 valence electrons. The van der Waals surface area contributed by atoms with Gasteiger partial charge in [-0.25, -0.2) is 9.59 Å². The molecule has 0 fully saturated rings. The molecular formula is C9H12NO6+. The molecule has 0 saturated heterocycles. The summed E-state index contributed by atoms with van der Waals surface area (Å²) >= 11 is 0. The first-order valence-electron chi connectivity index (χ1n) is 4.49. The van der Waals surface area contributed by atoms with Crippen molar-refractivity contribution in [2.75, 3.05) is 20.3 Å². The number of rotatable bonds is 3. The van der Waals surface area contributed by atoms with Crippen molar-refractivity contribution in [3.63, 3.8) is 0 Å². The standard InChI is InChI=1S/C9H11NO6/c1-6-5-7(11)10(8(6)14-2)3-4-15-9(12)16-13/h5H,3-4H2,1-2H3/p+1. The van der Waals surface area contributed by atoms with Crippen LogP contribution in [0, 0.1) is 0 Å². The second-order valence-corrected chi connectivity index (χ2v) is 3.02. The minimum absolute atomic E-state index is 0.0981. The average Bonchev–Trinajstić information content (AvgIpc) is 2.53. The fourth-order valence-corrected chi connectivity index (χ4v) is 1.37. The Morgan fingerprint density at radius 2 is 2.25 bits per heavy atom. The fraction of sp³-hybridized carbons (Fsp3) is 0.444. The van der Waals surface area contributed by atoms with Gasteiger partial charge in [-0.15, -0.1) is 4.58 Å². The first-order valence-corrected chi connectivity index (χ1v) is 4.49. The molecule has 0 spiro atoms. The van der Waals surface area contributed by atoms with Crippen LogP contribution in [0.4, 0.5) is 4.79 Å². The summed E-state index contributed by atoms with van der Waals surface area (Å²) in [4.78, 5) is 25.2. The van der Waals surface area contributed by atoms with Gasteiger partial charge in [-0.3, -0.25) is 4.89 Å². The van der Waals surface area contributed by atoms with E-state index in [-0.39, 0.29) is 19.1 Å². The normalized spacial score (nSPS) is 14.9. The summed E-state index contributed by atoms with van der Waals surface area (Å²) in [6.07, 6.45) is 0.207. The van der Waals surface area contributed by atoms with Crippen LogP contribution < -0.4 is 0 Å². The van der Waals surface area contributed by atoms with Crippen molar-refractivity contribution in [1.29, 1.82) is 0 Å². The molecule has 1 aliphatic rings. The third-order valence-corrected chi connectivity index (χ3v) is 1.99. The van der Waals surface area contributed by atoms with Crippen LogP contribution in [-0.2, 0) is 19.2 Å². The lowest BCUT2D eigenvalue weighted by molar-refractivity contribution is -0.452. The smallest absolute Gasteiger partial charge is 0.447 e. The van der Waals surface area contributed by atoms with Crippen molar-refractivity contribution in [2.45, 2.75) is 6.92 Å². The molecule has 1 amide bonds. The van der Waals surface area contributed by atoms with Gasteiger partial charge in [0.25, 0.3) is 0 Å². The number of hydrogen-bond donors (Lipinski definition) is 1. The predicted molar refractivity (Wildman–Crippen MR) is 51.0 cm³/mol. The monoisotopic (exact) mass is 230 g/mol. The molecule has 0 unspecified atom stereocenters. The second kappa shape index (κ2) is 5.26. The highest BCUT2D eigenvalue weighted by Gasteiger charge is 2.31. The van der Waals surface area contributed by atoms with E-state index in [2.05, 4.69) is 9.62 Å². The molecule has 1 heterocycles. The number of ether oxygens (including phenoxy) is 2. The van der Waals surface area contributed by atoms with Crippen molar-refractivity contribution in [3.8, 4) is 0 Å². The molecule has 16 heavy (non-hydrogen) atoms. The number of carbonyl (C=O) groups is 2. The third-order valence-electron chi connectivity index (χ3n) is 1.99. The molecule has 1 rings (SSSR count). The maximum atomic E-state index is 11.4. The minimum atomic E-state index is -1.21. The van der Waals surface area contributed by atoms with Gasteiger partial charge in [0.2, 0.25) is 0 Å². The van der Waals surface area contributed by atoms with E-state index in [0.717, 1.165) is 0 Å². The van der Waals surface area contributed by atoms with Gasteiger partial charge in [0.15, 0.2) is 13.2 Å². The molecule has 0 aromatic carbocycles. The molecule has 0 saturated carbocycles. The summed E-state index contributed by atoms with van der Waals surface area (Å²) in [5.41, 5.74) is 0.706. The second-order valence-electron chi connectivity index (χ2n) is 3.02. The molecule has 0 aromatic rings. The third kappa shape index (κ3) is 2.57. The Morgan fingerprint density at radius 3 is 2.81 bits per heavy atom. The van der Waals surface area contributed by atoms with Gasteiger partial charge >= 0.3 is 18.0 Å². The summed E-state index contributed by atoms with van der Waals surface area (Å²) in [6, 6.07) is 0. The van der Waals surface area contributed by atoms with Crippen molar-refractivity contribution in [3.05, 3.63) is 11.6 Å². The molecule has 1 N–H and O–H groups in total. The molecule has 0 aromatic heterocycles. The number of methoxy groups -OCH3 is 1. The van der Waals surface area contributed by atoms with Crippen molar-refractivity contribution in [1.82, 2.24) is 0 Å². The van der Waals surface area contributed by atoms with E-state index in [1.807, 2.05) is 0 Å². The largest absolute Gasteiger partial charge is 0.540 e. The summed E-state index contributed by atoms with van der Waals surface area (Å²) in [5, 5.41) is 7.92. The van der Waals surface area contributed by atoms with Gasteiger partial charge in [0.05, 0.1) is 18.8 Å². The maximum absolute atomic E-state index is 11.4. The zero-order valence-corrected chi connectivity index (χ0v) is 8.93. The van der Waals surface area contributed by atoms with Crippen molar-refractivity contribution in [2.24, 2.45) is 0 Å². The zero-order chi connectivity index (χ0) is 12.1. The van der Waals surface area contributed by atoms with Gasteiger partial charge in [-0.2, -0.15) is 5.26 Å². The molecule has 0 radical (unpaired) electrons. The summed E-state index contributed by atoms with van der Waals surface area (Å²) in [6.45, 7) is 1.77. The fourth-order valence-electron chi connectivity index (χ4n) is 1.37. The summed E-state index contributed by atoms with van der Waals surface area (Å²) in [5.74, 6) is 0.182. The maximum Gasteiger partial charge on any atom is 0.540 e. The predicted octanol–water partition coefficient (Wildman–Crippen LogP) is 0.157. The van der Waals surface area contributed by atoms with Crippen LogP contribution in [0.15, 0.2) is 11.6 Å². The topological polar surface area (TPSA) is 85.1 Å². The Hall–Kier alpha value is -1.89. The van der Waals surface area contributed by atoms with E-state index in [4.69, 9.17) is 9.99 Å². The average molecular weight is 230 g/mol. The van der Waals surface area contributed by atoms with E-state index < -0.39 is 6.16 Å². The van der Waals surface area contributed by atoms with Gasteiger partial charge < -0.3 is 9.47 Å². The Bertz CT molecular complexity index is 370. The zero-order valence-electron chi connectivity index (χ0n) is 8.93. The molecule has 7 nitrogen and oxygen atoms in total. The number of nitrogens with zero attached hydrogens (tertiary/aromatic N) is 1. The van der Waals surface area contributed by atoms with Gasteiger partial charge in [-0.05, 0) is 6.92 Å². The SMILES string of the molecule is COC1=[N+](CCOC(=O)OO)C(=O)C=C1C. The Labute approximate surface area is 91.5 Å². The lowest BCUT2D eigenvalue weighted by Crippen LogP contribution is -2.27. The van der Waals surface area contributed by atoms with Crippen LogP contribution in [0.25, 0.3) is 0 Å². The summed E-state index contributed by atoms with van der Waals surface area (Å²) in [7, 11) is 1.45. The lowest BCUT2D eigenvalue weighted by atomic mass is 10.3. The molecule has 0 aliphatic carbocycles. The van der Waals surface area contributed by atoms with Gasteiger partial charge in [-0.1, -0.05) is 0 Å². The van der Waals surface area contributed by atoms with Crippen LogP contribution in [-0.4, -0.2) is 48.1 Å². The van der Waals surface area contributed by atoms with E-state index in [1.54, 1.807) is 6.92 Å². The number of amides is 1.